The molecule has 11 heteroatoms. The maximum atomic E-state index is 14.0. The van der Waals surface area contributed by atoms with E-state index in [-0.39, 0.29) is 11.8 Å². The third kappa shape index (κ3) is 5.95. The van der Waals surface area contributed by atoms with E-state index in [9.17, 15) is 18.8 Å². The van der Waals surface area contributed by atoms with Crippen LogP contribution >= 0.6 is 0 Å². The van der Waals surface area contributed by atoms with Crippen LogP contribution in [0.25, 0.3) is 11.3 Å². The molecule has 0 saturated carbocycles. The highest BCUT2D eigenvalue weighted by Crippen LogP contribution is 2.38. The largest absolute Gasteiger partial charge is 0.447 e. The predicted octanol–water partition coefficient (Wildman–Crippen LogP) is 3.93. The lowest BCUT2D eigenvalue weighted by molar-refractivity contribution is -0.119. The van der Waals surface area contributed by atoms with Gasteiger partial charge in [-0.25, -0.2) is 9.18 Å². The summed E-state index contributed by atoms with van der Waals surface area (Å²) in [4.78, 5) is 45.9. The number of piperazine rings is 1. The molecule has 2 fully saturated rings. The van der Waals surface area contributed by atoms with Crippen LogP contribution in [0.2, 0.25) is 0 Å². The number of rotatable bonds is 7. The van der Waals surface area contributed by atoms with Crippen LogP contribution in [-0.4, -0.2) is 87.7 Å². The number of carbonyl (C=O) groups excluding carboxylic acids is 3. The smallest absolute Gasteiger partial charge is 0.414 e. The van der Waals surface area contributed by atoms with E-state index in [1.165, 1.54) is 12.1 Å². The van der Waals surface area contributed by atoms with Gasteiger partial charge in [0.2, 0.25) is 5.91 Å². The van der Waals surface area contributed by atoms with Gasteiger partial charge in [-0.2, -0.15) is 0 Å². The zero-order chi connectivity index (χ0) is 30.1. The summed E-state index contributed by atoms with van der Waals surface area (Å²) in [6.45, 7) is 4.77. The molecule has 2 N–H and O–H groups in total. The van der Waals surface area contributed by atoms with E-state index >= 15 is 0 Å². The van der Waals surface area contributed by atoms with Crippen molar-refractivity contribution < 1.29 is 23.5 Å². The second-order valence-corrected chi connectivity index (χ2v) is 10.9. The van der Waals surface area contributed by atoms with Crippen LogP contribution in [0.3, 0.4) is 0 Å². The molecule has 0 aromatic heterocycles. The van der Waals surface area contributed by atoms with Crippen molar-refractivity contribution in [1.29, 1.82) is 0 Å². The van der Waals surface area contributed by atoms with Crippen molar-refractivity contribution in [2.45, 2.75) is 0 Å². The molecule has 3 aromatic carbocycles. The van der Waals surface area contributed by atoms with Gasteiger partial charge in [-0.1, -0.05) is 12.1 Å². The molecule has 10 nitrogen and oxygen atoms in total. The van der Waals surface area contributed by atoms with Crippen LogP contribution in [0.15, 0.2) is 66.7 Å². The monoisotopic (exact) mass is 584 g/mol. The quantitative estimate of drug-likeness (QED) is 0.407. The third-order valence-electron chi connectivity index (χ3n) is 8.06. The molecule has 3 aliphatic rings. The van der Waals surface area contributed by atoms with Gasteiger partial charge in [-0.05, 0) is 67.2 Å². The van der Waals surface area contributed by atoms with E-state index in [0.717, 1.165) is 31.9 Å². The third-order valence-corrected chi connectivity index (χ3v) is 8.06. The first-order valence-corrected chi connectivity index (χ1v) is 14.2. The second kappa shape index (κ2) is 11.9. The highest BCUT2D eigenvalue weighted by molar-refractivity contribution is 6.37. The Morgan fingerprint density at radius 3 is 2.37 bits per heavy atom. The molecule has 0 radical (unpaired) electrons. The standard InChI is InChI=1S/C32H33FN6O4/c1-36-13-15-38(16-14-36)20-28(40)37(2)24-10-6-23(7-11-24)34-30(29-26-12-5-22(33)19-27(26)35-31(29)41)21-3-8-25(9-4-21)39-17-18-43-32(39)42/h3-12,19,34H,13-18,20H2,1-2H3,(H,35,41)/b30-29-. The van der Waals surface area contributed by atoms with E-state index in [1.54, 1.807) is 35.0 Å². The lowest BCUT2D eigenvalue weighted by atomic mass is 9.99. The molecule has 43 heavy (non-hydrogen) atoms. The first-order valence-electron chi connectivity index (χ1n) is 14.2. The maximum Gasteiger partial charge on any atom is 0.414 e. The summed E-state index contributed by atoms with van der Waals surface area (Å²) in [5.74, 6) is -0.791. The fourth-order valence-corrected chi connectivity index (χ4v) is 5.47. The van der Waals surface area contributed by atoms with Crippen LogP contribution in [0.1, 0.15) is 11.1 Å². The fourth-order valence-electron chi connectivity index (χ4n) is 5.47. The van der Waals surface area contributed by atoms with Gasteiger partial charge in [0, 0.05) is 55.9 Å². The first-order chi connectivity index (χ1) is 20.8. The molecule has 6 rings (SSSR count). The van der Waals surface area contributed by atoms with E-state index in [2.05, 4.69) is 27.5 Å². The van der Waals surface area contributed by atoms with Crippen molar-refractivity contribution in [3.8, 4) is 0 Å². The minimum Gasteiger partial charge on any atom is -0.447 e. The van der Waals surface area contributed by atoms with Gasteiger partial charge in [0.25, 0.3) is 5.91 Å². The number of halogens is 1. The van der Waals surface area contributed by atoms with Gasteiger partial charge in [-0.15, -0.1) is 0 Å². The number of likely N-dealkylation sites (N-methyl/N-ethyl adjacent to an activating group) is 2. The topological polar surface area (TPSA) is 97.5 Å². The lowest BCUT2D eigenvalue weighted by Gasteiger charge is -2.32. The van der Waals surface area contributed by atoms with Crippen LogP contribution in [0.4, 0.5) is 31.9 Å². The Kier molecular flexibility index (Phi) is 7.83. The zero-order valence-corrected chi connectivity index (χ0v) is 24.1. The van der Waals surface area contributed by atoms with Gasteiger partial charge in [0.15, 0.2) is 0 Å². The van der Waals surface area contributed by atoms with Crippen LogP contribution in [0, 0.1) is 5.82 Å². The van der Waals surface area contributed by atoms with Crippen LogP contribution in [-0.2, 0) is 14.3 Å². The Morgan fingerprint density at radius 2 is 1.70 bits per heavy atom. The molecule has 3 amide bonds. The SMILES string of the molecule is CN1CCN(CC(=O)N(C)c2ccc(N/C(=C3\C(=O)Nc4cc(F)ccc43)c3ccc(N4CCOC4=O)cc3)cc2)CC1. The van der Waals surface area contributed by atoms with E-state index in [0.29, 0.717) is 59.2 Å². The average Bonchev–Trinajstić information content (AvgIpc) is 3.58. The Balaban J connectivity index is 1.27. The average molecular weight is 585 g/mol. The number of ether oxygens (including phenoxy) is 1. The Labute approximate surface area is 249 Å². The van der Waals surface area contributed by atoms with Crippen LogP contribution in [0.5, 0.6) is 0 Å². The van der Waals surface area contributed by atoms with Gasteiger partial charge < -0.3 is 25.2 Å². The summed E-state index contributed by atoms with van der Waals surface area (Å²) in [7, 11) is 3.85. The van der Waals surface area contributed by atoms with Gasteiger partial charge in [-0.3, -0.25) is 19.4 Å². The molecular weight excluding hydrogens is 551 g/mol. The molecule has 3 heterocycles. The van der Waals surface area contributed by atoms with Crippen molar-refractivity contribution in [3.05, 3.63) is 83.7 Å². The number of nitrogens with one attached hydrogen (secondary N) is 2. The zero-order valence-electron chi connectivity index (χ0n) is 24.1. The number of amides is 3. The highest BCUT2D eigenvalue weighted by atomic mass is 19.1. The number of carbonyl (C=O) groups is 3. The fraction of sp³-hybridized carbons (Fsp3) is 0.281. The normalized spacial score (nSPS) is 18.3. The van der Waals surface area contributed by atoms with E-state index < -0.39 is 11.9 Å². The number of cyclic esters (lactones) is 1. The molecule has 0 spiro atoms. The van der Waals surface area contributed by atoms with Crippen molar-refractivity contribution in [2.24, 2.45) is 0 Å². The van der Waals surface area contributed by atoms with Gasteiger partial charge >= 0.3 is 6.09 Å². The van der Waals surface area contributed by atoms with E-state index in [1.807, 2.05) is 36.4 Å². The number of benzene rings is 3. The Bertz CT molecular complexity index is 1580. The number of nitrogens with zero attached hydrogens (tertiary/aromatic N) is 4. The van der Waals surface area contributed by atoms with Crippen molar-refractivity contribution in [3.63, 3.8) is 0 Å². The van der Waals surface area contributed by atoms with Crippen molar-refractivity contribution in [1.82, 2.24) is 9.80 Å². The van der Waals surface area contributed by atoms with Gasteiger partial charge in [0.1, 0.15) is 12.4 Å². The minimum atomic E-state index is -0.446. The maximum absolute atomic E-state index is 14.0. The number of fused-ring (bicyclic) bond motifs is 1. The molecule has 0 aliphatic carbocycles. The molecule has 0 bridgehead atoms. The Hall–Kier alpha value is -4.74. The highest BCUT2D eigenvalue weighted by Gasteiger charge is 2.30. The summed E-state index contributed by atoms with van der Waals surface area (Å²) in [5.41, 5.74) is 4.68. The Morgan fingerprint density at radius 1 is 0.977 bits per heavy atom. The predicted molar refractivity (Wildman–Crippen MR) is 164 cm³/mol. The lowest BCUT2D eigenvalue weighted by Crippen LogP contribution is -2.48. The summed E-state index contributed by atoms with van der Waals surface area (Å²) < 4.78 is 19.0. The van der Waals surface area contributed by atoms with Crippen LogP contribution < -0.4 is 20.4 Å². The first kappa shape index (κ1) is 28.4. The van der Waals surface area contributed by atoms with Gasteiger partial charge in [0.05, 0.1) is 30.0 Å². The summed E-state index contributed by atoms with van der Waals surface area (Å²) >= 11 is 0. The molecule has 3 aromatic rings. The summed E-state index contributed by atoms with van der Waals surface area (Å²) in [6, 6.07) is 18.8. The number of hydrogen-bond acceptors (Lipinski definition) is 7. The summed E-state index contributed by atoms with van der Waals surface area (Å²) in [5, 5.41) is 6.15. The molecule has 222 valence electrons. The molecule has 2 saturated heterocycles. The minimum absolute atomic E-state index is 0.0153. The molecule has 0 atom stereocenters. The van der Waals surface area contributed by atoms with E-state index in [4.69, 9.17) is 4.74 Å². The molecular formula is C32H33FN6O4. The van der Waals surface area contributed by atoms with Crippen molar-refractivity contribution >= 4 is 51.9 Å². The molecule has 3 aliphatic heterocycles. The number of anilines is 4. The molecule has 0 unspecified atom stereocenters. The van der Waals surface area contributed by atoms with Crippen molar-refractivity contribution in [2.75, 3.05) is 80.4 Å². The number of hydrogen-bond donors (Lipinski definition) is 2. The summed E-state index contributed by atoms with van der Waals surface area (Å²) in [6.07, 6.45) is -0.400. The second-order valence-electron chi connectivity index (χ2n) is 10.9.